The number of pyridine rings is 1. The standard InChI is InChI=1S/C23H27N5O4/c29-18-5-1-2-6-19(18)32-17-4-3-11-28(15-17)22-14-24-13-21(27-22)26-20-9-7-16(12-25-20)8-10-23(30)31/h2,6-7,9,12-14,17,29H,1,3-5,8,10-11,15H2,(H,30,31)(H,25,26,27). The van der Waals surface area contributed by atoms with Gasteiger partial charge < -0.3 is 25.2 Å². The number of allylic oxidation sites excluding steroid dienone is 3. The van der Waals surface area contributed by atoms with Crippen molar-refractivity contribution >= 4 is 23.4 Å². The minimum Gasteiger partial charge on any atom is -0.508 e. The van der Waals surface area contributed by atoms with Gasteiger partial charge in [-0.1, -0.05) is 12.1 Å². The zero-order valence-corrected chi connectivity index (χ0v) is 17.8. The second-order valence-electron chi connectivity index (χ2n) is 7.91. The number of ether oxygens (including phenoxy) is 1. The molecule has 1 unspecified atom stereocenters. The normalized spacial score (nSPS) is 18.5. The molecule has 4 rings (SSSR count). The molecule has 9 nitrogen and oxygen atoms in total. The lowest BCUT2D eigenvalue weighted by Crippen LogP contribution is -2.40. The first-order valence-electron chi connectivity index (χ1n) is 10.8. The molecule has 1 aliphatic carbocycles. The minimum atomic E-state index is -0.826. The molecule has 1 aliphatic heterocycles. The van der Waals surface area contributed by atoms with Crippen molar-refractivity contribution in [2.45, 2.75) is 44.6 Å². The van der Waals surface area contributed by atoms with Crippen LogP contribution in [-0.4, -0.2) is 50.3 Å². The van der Waals surface area contributed by atoms with E-state index in [1.807, 2.05) is 18.2 Å². The second-order valence-corrected chi connectivity index (χ2v) is 7.91. The molecule has 0 bridgehead atoms. The highest BCUT2D eigenvalue weighted by molar-refractivity contribution is 5.67. The van der Waals surface area contributed by atoms with Crippen molar-refractivity contribution in [2.24, 2.45) is 0 Å². The van der Waals surface area contributed by atoms with Gasteiger partial charge in [-0.25, -0.2) is 9.97 Å². The maximum Gasteiger partial charge on any atom is 0.303 e. The zero-order chi connectivity index (χ0) is 22.3. The smallest absolute Gasteiger partial charge is 0.303 e. The molecule has 0 amide bonds. The van der Waals surface area contributed by atoms with Gasteiger partial charge in [-0.2, -0.15) is 0 Å². The van der Waals surface area contributed by atoms with Crippen LogP contribution in [0.25, 0.3) is 0 Å². The first kappa shape index (κ1) is 21.6. The molecule has 0 aromatic carbocycles. The van der Waals surface area contributed by atoms with Crippen LogP contribution in [0.2, 0.25) is 0 Å². The number of aromatic nitrogens is 3. The predicted molar refractivity (Wildman–Crippen MR) is 120 cm³/mol. The highest BCUT2D eigenvalue weighted by Gasteiger charge is 2.24. The Balaban J connectivity index is 1.38. The van der Waals surface area contributed by atoms with Crippen LogP contribution in [0.5, 0.6) is 0 Å². The van der Waals surface area contributed by atoms with Gasteiger partial charge in [0.2, 0.25) is 0 Å². The molecule has 32 heavy (non-hydrogen) atoms. The van der Waals surface area contributed by atoms with E-state index in [0.717, 1.165) is 37.2 Å². The number of aliphatic hydroxyl groups excluding tert-OH is 1. The Morgan fingerprint density at radius 3 is 2.94 bits per heavy atom. The topological polar surface area (TPSA) is 121 Å². The SMILES string of the molecule is O=C(O)CCc1ccc(Nc2cncc(N3CCCC(OC4=C(O)CCC=C4)C3)n2)nc1. The molecule has 9 heteroatoms. The number of nitrogens with one attached hydrogen (secondary N) is 1. The van der Waals surface area contributed by atoms with Crippen LogP contribution >= 0.6 is 0 Å². The summed E-state index contributed by atoms with van der Waals surface area (Å²) in [6.07, 6.45) is 12.7. The van der Waals surface area contributed by atoms with Crippen molar-refractivity contribution in [1.82, 2.24) is 15.0 Å². The van der Waals surface area contributed by atoms with E-state index in [9.17, 15) is 9.90 Å². The van der Waals surface area contributed by atoms with Crippen molar-refractivity contribution in [3.05, 3.63) is 60.0 Å². The number of carboxylic acid groups (broad SMARTS) is 1. The van der Waals surface area contributed by atoms with Gasteiger partial charge in [0.15, 0.2) is 11.6 Å². The molecule has 0 radical (unpaired) electrons. The van der Waals surface area contributed by atoms with Crippen molar-refractivity contribution in [2.75, 3.05) is 23.3 Å². The van der Waals surface area contributed by atoms with Crippen molar-refractivity contribution < 1.29 is 19.7 Å². The Morgan fingerprint density at radius 2 is 2.16 bits per heavy atom. The van der Waals surface area contributed by atoms with Gasteiger partial charge in [-0.15, -0.1) is 0 Å². The number of carbonyl (C=O) groups is 1. The summed E-state index contributed by atoms with van der Waals surface area (Å²) < 4.78 is 6.06. The molecule has 3 N–H and O–H groups in total. The summed E-state index contributed by atoms with van der Waals surface area (Å²) in [6, 6.07) is 3.65. The van der Waals surface area contributed by atoms with Crippen molar-refractivity contribution in [3.8, 4) is 0 Å². The summed E-state index contributed by atoms with van der Waals surface area (Å²) in [4.78, 5) is 26.2. The average Bonchev–Trinajstić information content (AvgIpc) is 2.80. The maximum absolute atomic E-state index is 10.7. The summed E-state index contributed by atoms with van der Waals surface area (Å²) in [5.41, 5.74) is 0.867. The van der Waals surface area contributed by atoms with Crippen molar-refractivity contribution in [1.29, 1.82) is 0 Å². The Kier molecular flexibility index (Phi) is 6.84. The molecule has 0 spiro atoms. The zero-order valence-electron chi connectivity index (χ0n) is 17.8. The molecule has 1 atom stereocenters. The van der Waals surface area contributed by atoms with Crippen LogP contribution in [0.15, 0.2) is 54.4 Å². The van der Waals surface area contributed by atoms with Crippen LogP contribution < -0.4 is 10.2 Å². The fraction of sp³-hybridized carbons (Fsp3) is 0.391. The van der Waals surface area contributed by atoms with Gasteiger partial charge in [-0.3, -0.25) is 9.78 Å². The fourth-order valence-corrected chi connectivity index (χ4v) is 3.76. The summed E-state index contributed by atoms with van der Waals surface area (Å²) in [5, 5.41) is 22.0. The predicted octanol–water partition coefficient (Wildman–Crippen LogP) is 3.74. The van der Waals surface area contributed by atoms with E-state index in [1.165, 1.54) is 0 Å². The lowest BCUT2D eigenvalue weighted by Gasteiger charge is -2.34. The van der Waals surface area contributed by atoms with E-state index in [-0.39, 0.29) is 12.5 Å². The van der Waals surface area contributed by atoms with E-state index in [0.29, 0.717) is 42.5 Å². The number of aliphatic carboxylic acids is 1. The third kappa shape index (κ3) is 5.75. The first-order valence-corrected chi connectivity index (χ1v) is 10.8. The largest absolute Gasteiger partial charge is 0.508 e. The molecule has 2 aromatic heterocycles. The highest BCUT2D eigenvalue weighted by atomic mass is 16.5. The van der Waals surface area contributed by atoms with Gasteiger partial charge in [0.25, 0.3) is 0 Å². The third-order valence-corrected chi connectivity index (χ3v) is 5.43. The summed E-state index contributed by atoms with van der Waals surface area (Å²) >= 11 is 0. The highest BCUT2D eigenvalue weighted by Crippen LogP contribution is 2.25. The molecule has 0 saturated carbocycles. The van der Waals surface area contributed by atoms with Crippen LogP contribution in [0, 0.1) is 0 Å². The Labute approximate surface area is 186 Å². The van der Waals surface area contributed by atoms with E-state index < -0.39 is 5.97 Å². The van der Waals surface area contributed by atoms with Crippen LogP contribution in [0.4, 0.5) is 17.5 Å². The number of aryl methyl sites for hydroxylation is 1. The summed E-state index contributed by atoms with van der Waals surface area (Å²) in [6.45, 7) is 1.52. The Bertz CT molecular complexity index is 1010. The quantitative estimate of drug-likeness (QED) is 0.567. The number of carboxylic acids is 1. The first-order chi connectivity index (χ1) is 15.6. The second kappa shape index (κ2) is 10.1. The minimum absolute atomic E-state index is 0.0259. The molecule has 1 saturated heterocycles. The Morgan fingerprint density at radius 1 is 1.25 bits per heavy atom. The van der Waals surface area contributed by atoms with Gasteiger partial charge in [0, 0.05) is 25.6 Å². The van der Waals surface area contributed by atoms with Crippen LogP contribution in [0.3, 0.4) is 0 Å². The summed E-state index contributed by atoms with van der Waals surface area (Å²) in [7, 11) is 0. The van der Waals surface area contributed by atoms with Crippen LogP contribution in [-0.2, 0) is 16.0 Å². The van der Waals surface area contributed by atoms with Gasteiger partial charge >= 0.3 is 5.97 Å². The molecule has 168 valence electrons. The van der Waals surface area contributed by atoms with E-state index in [1.54, 1.807) is 24.7 Å². The Hall–Kier alpha value is -3.62. The van der Waals surface area contributed by atoms with Gasteiger partial charge in [0.1, 0.15) is 23.5 Å². The van der Waals surface area contributed by atoms with Crippen LogP contribution in [0.1, 0.15) is 37.7 Å². The number of nitrogens with zero attached hydrogens (tertiary/aromatic N) is 4. The monoisotopic (exact) mass is 437 g/mol. The number of hydrogen-bond acceptors (Lipinski definition) is 8. The molecule has 2 aliphatic rings. The van der Waals surface area contributed by atoms with Gasteiger partial charge in [0.05, 0.1) is 18.9 Å². The van der Waals surface area contributed by atoms with Gasteiger partial charge in [-0.05, 0) is 43.4 Å². The van der Waals surface area contributed by atoms with E-state index >= 15 is 0 Å². The number of hydrogen-bond donors (Lipinski definition) is 3. The number of aliphatic hydroxyl groups is 1. The fourth-order valence-electron chi connectivity index (χ4n) is 3.76. The average molecular weight is 438 g/mol. The van der Waals surface area contributed by atoms with E-state index in [4.69, 9.17) is 9.84 Å². The van der Waals surface area contributed by atoms with Crippen molar-refractivity contribution in [3.63, 3.8) is 0 Å². The molecular formula is C23H27N5O4. The third-order valence-electron chi connectivity index (χ3n) is 5.43. The number of rotatable bonds is 8. The lowest BCUT2D eigenvalue weighted by atomic mass is 10.1. The lowest BCUT2D eigenvalue weighted by molar-refractivity contribution is -0.136. The summed E-state index contributed by atoms with van der Waals surface area (Å²) in [5.74, 6) is 2.00. The maximum atomic E-state index is 10.7. The number of piperidine rings is 1. The molecular weight excluding hydrogens is 410 g/mol. The molecule has 1 fully saturated rings. The molecule has 3 heterocycles. The molecule has 2 aromatic rings. The van der Waals surface area contributed by atoms with E-state index in [2.05, 4.69) is 25.2 Å². The number of anilines is 3.